The van der Waals surface area contributed by atoms with Crippen LogP contribution in [0.1, 0.15) is 17.3 Å². The van der Waals surface area contributed by atoms with Crippen molar-refractivity contribution in [3.05, 3.63) is 52.8 Å². The topological polar surface area (TPSA) is 64.3 Å². The molecule has 0 heterocycles. The zero-order chi connectivity index (χ0) is 15.4. The smallest absolute Gasteiger partial charge is 0.261 e. The van der Waals surface area contributed by atoms with Gasteiger partial charge in [-0.1, -0.05) is 17.7 Å². The molecule has 1 amide bonds. The van der Waals surface area contributed by atoms with E-state index in [1.54, 1.807) is 25.1 Å². The largest absolute Gasteiger partial charge is 0.493 e. The summed E-state index contributed by atoms with van der Waals surface area (Å²) >= 11 is 5.75. The molecule has 0 unspecified atom stereocenters. The second kappa shape index (κ2) is 6.45. The van der Waals surface area contributed by atoms with Gasteiger partial charge in [0.25, 0.3) is 5.91 Å². The van der Waals surface area contributed by atoms with Gasteiger partial charge in [-0.15, -0.1) is 0 Å². The average Bonchev–Trinajstić information content (AvgIpc) is 2.37. The number of nitrogens with one attached hydrogen (secondary N) is 1. The van der Waals surface area contributed by atoms with E-state index in [2.05, 4.69) is 5.32 Å². The number of nitrogens with two attached hydrogens (primary N) is 1. The van der Waals surface area contributed by atoms with Gasteiger partial charge in [0.1, 0.15) is 17.1 Å². The Hall–Kier alpha value is -2.27. The van der Waals surface area contributed by atoms with Crippen LogP contribution >= 0.6 is 11.6 Å². The van der Waals surface area contributed by atoms with Crippen molar-refractivity contribution in [1.82, 2.24) is 0 Å². The quantitative estimate of drug-likeness (QED) is 0.846. The number of hydrogen-bond donors (Lipinski definition) is 2. The number of halogens is 2. The van der Waals surface area contributed by atoms with Crippen molar-refractivity contribution in [1.29, 1.82) is 0 Å². The number of ether oxygens (including phenoxy) is 1. The van der Waals surface area contributed by atoms with Gasteiger partial charge in [0.05, 0.1) is 6.61 Å². The van der Waals surface area contributed by atoms with Gasteiger partial charge in [0.2, 0.25) is 0 Å². The molecule has 0 saturated heterocycles. The van der Waals surface area contributed by atoms with Crippen LogP contribution in [0.5, 0.6) is 5.75 Å². The lowest BCUT2D eigenvalue weighted by molar-refractivity contribution is 0.102. The number of carbonyl (C=O) groups is 1. The molecule has 0 saturated carbocycles. The molecule has 2 rings (SSSR count). The molecule has 4 nitrogen and oxygen atoms in total. The number of anilines is 2. The Morgan fingerprint density at radius 2 is 2.14 bits per heavy atom. The highest BCUT2D eigenvalue weighted by Gasteiger charge is 2.16. The maximum Gasteiger partial charge on any atom is 0.261 e. The Morgan fingerprint density at radius 3 is 2.81 bits per heavy atom. The predicted molar refractivity (Wildman–Crippen MR) is 81.4 cm³/mol. The highest BCUT2D eigenvalue weighted by Crippen LogP contribution is 2.26. The summed E-state index contributed by atoms with van der Waals surface area (Å²) in [5.41, 5.74) is 6.56. The summed E-state index contributed by atoms with van der Waals surface area (Å²) in [6.07, 6.45) is 0. The lowest BCUT2D eigenvalue weighted by Gasteiger charge is -2.13. The number of benzene rings is 2. The number of amides is 1. The number of rotatable bonds is 4. The van der Waals surface area contributed by atoms with Gasteiger partial charge in [-0.25, -0.2) is 4.39 Å². The van der Waals surface area contributed by atoms with Crippen molar-refractivity contribution in [3.8, 4) is 5.75 Å². The van der Waals surface area contributed by atoms with E-state index in [-0.39, 0.29) is 22.0 Å². The fourth-order valence-corrected chi connectivity index (χ4v) is 2.11. The third-order valence-corrected chi connectivity index (χ3v) is 2.92. The van der Waals surface area contributed by atoms with Gasteiger partial charge in [-0.3, -0.25) is 4.79 Å². The van der Waals surface area contributed by atoms with Crippen LogP contribution in [0.3, 0.4) is 0 Å². The van der Waals surface area contributed by atoms with Gasteiger partial charge in [0, 0.05) is 16.4 Å². The molecule has 2 aromatic rings. The van der Waals surface area contributed by atoms with Crippen molar-refractivity contribution in [2.75, 3.05) is 17.7 Å². The molecule has 6 heteroatoms. The summed E-state index contributed by atoms with van der Waals surface area (Å²) in [4.78, 5) is 12.3. The zero-order valence-corrected chi connectivity index (χ0v) is 12.1. The van der Waals surface area contributed by atoms with Gasteiger partial charge in [-0.2, -0.15) is 0 Å². The summed E-state index contributed by atoms with van der Waals surface area (Å²) in [5, 5.41) is 2.75. The molecule has 21 heavy (non-hydrogen) atoms. The number of hydrogen-bond acceptors (Lipinski definition) is 3. The van der Waals surface area contributed by atoms with E-state index < -0.39 is 11.7 Å². The van der Waals surface area contributed by atoms with Gasteiger partial charge >= 0.3 is 0 Å². The second-order valence-corrected chi connectivity index (χ2v) is 4.70. The molecule has 0 aliphatic heterocycles. The SMILES string of the molecule is CCOc1cccc(N)c1C(=O)Nc1cc(F)cc(Cl)c1. The summed E-state index contributed by atoms with van der Waals surface area (Å²) in [6.45, 7) is 2.20. The fraction of sp³-hybridized carbons (Fsp3) is 0.133. The fourth-order valence-electron chi connectivity index (χ4n) is 1.89. The van der Waals surface area contributed by atoms with Crippen LogP contribution < -0.4 is 15.8 Å². The summed E-state index contributed by atoms with van der Waals surface area (Å²) in [7, 11) is 0. The van der Waals surface area contributed by atoms with Crippen molar-refractivity contribution in [2.24, 2.45) is 0 Å². The highest BCUT2D eigenvalue weighted by molar-refractivity contribution is 6.31. The third-order valence-electron chi connectivity index (χ3n) is 2.71. The Balaban J connectivity index is 2.32. The van der Waals surface area contributed by atoms with E-state index in [1.807, 2.05) is 0 Å². The summed E-state index contributed by atoms with van der Waals surface area (Å²) in [6, 6.07) is 8.70. The molecular formula is C15H14ClFN2O2. The molecule has 0 aromatic heterocycles. The molecule has 0 bridgehead atoms. The minimum atomic E-state index is -0.538. The molecule has 3 N–H and O–H groups in total. The van der Waals surface area contributed by atoms with E-state index >= 15 is 0 Å². The lowest BCUT2D eigenvalue weighted by atomic mass is 10.1. The van der Waals surface area contributed by atoms with Crippen LogP contribution in [0.15, 0.2) is 36.4 Å². The molecule has 0 spiro atoms. The second-order valence-electron chi connectivity index (χ2n) is 4.27. The van der Waals surface area contributed by atoms with Crippen LogP contribution in [-0.2, 0) is 0 Å². The maximum atomic E-state index is 13.3. The van der Waals surface area contributed by atoms with E-state index in [0.29, 0.717) is 12.4 Å². The first-order valence-corrected chi connectivity index (χ1v) is 6.67. The van der Waals surface area contributed by atoms with Crippen LogP contribution in [0.25, 0.3) is 0 Å². The van der Waals surface area contributed by atoms with Crippen LogP contribution in [0, 0.1) is 5.82 Å². The molecular weight excluding hydrogens is 295 g/mol. The van der Waals surface area contributed by atoms with Crippen molar-refractivity contribution in [3.63, 3.8) is 0 Å². The van der Waals surface area contributed by atoms with Crippen molar-refractivity contribution >= 4 is 28.9 Å². The minimum absolute atomic E-state index is 0.191. The van der Waals surface area contributed by atoms with Crippen LogP contribution in [0.2, 0.25) is 5.02 Å². The molecule has 0 aliphatic carbocycles. The number of nitrogen functional groups attached to an aromatic ring is 1. The standard InChI is InChI=1S/C15H14ClFN2O2/c1-2-21-13-5-3-4-12(18)14(13)15(20)19-11-7-9(16)6-10(17)8-11/h3-8H,2,18H2,1H3,(H,19,20). The maximum absolute atomic E-state index is 13.3. The first-order valence-electron chi connectivity index (χ1n) is 6.30. The van der Waals surface area contributed by atoms with Gasteiger partial charge in [0.15, 0.2) is 0 Å². The van der Waals surface area contributed by atoms with Crippen LogP contribution in [-0.4, -0.2) is 12.5 Å². The Morgan fingerprint density at radius 1 is 1.38 bits per heavy atom. The van der Waals surface area contributed by atoms with Crippen LogP contribution in [0.4, 0.5) is 15.8 Å². The van der Waals surface area contributed by atoms with E-state index in [0.717, 1.165) is 6.07 Å². The van der Waals surface area contributed by atoms with Gasteiger partial charge in [-0.05, 0) is 37.3 Å². The minimum Gasteiger partial charge on any atom is -0.493 e. The Kier molecular flexibility index (Phi) is 4.65. The first-order chi connectivity index (χ1) is 10.0. The van der Waals surface area contributed by atoms with Crippen molar-refractivity contribution < 1.29 is 13.9 Å². The first kappa shape index (κ1) is 15.1. The van der Waals surface area contributed by atoms with E-state index in [4.69, 9.17) is 22.1 Å². The van der Waals surface area contributed by atoms with Gasteiger partial charge < -0.3 is 15.8 Å². The highest BCUT2D eigenvalue weighted by atomic mass is 35.5. The molecule has 110 valence electrons. The third kappa shape index (κ3) is 3.64. The number of carbonyl (C=O) groups excluding carboxylic acids is 1. The van der Waals surface area contributed by atoms with E-state index in [1.165, 1.54) is 12.1 Å². The molecule has 0 fully saturated rings. The Labute approximate surface area is 126 Å². The Bertz CT molecular complexity index is 656. The normalized spacial score (nSPS) is 10.2. The average molecular weight is 309 g/mol. The lowest BCUT2D eigenvalue weighted by Crippen LogP contribution is -2.16. The predicted octanol–water partition coefficient (Wildman–Crippen LogP) is 3.71. The van der Waals surface area contributed by atoms with Crippen molar-refractivity contribution in [2.45, 2.75) is 6.92 Å². The zero-order valence-electron chi connectivity index (χ0n) is 11.3. The molecule has 0 radical (unpaired) electrons. The molecule has 0 atom stereocenters. The molecule has 2 aromatic carbocycles. The summed E-state index contributed by atoms with van der Waals surface area (Å²) < 4.78 is 18.7. The monoisotopic (exact) mass is 308 g/mol. The summed E-state index contributed by atoms with van der Waals surface area (Å²) in [5.74, 6) is -0.653. The molecule has 0 aliphatic rings. The van der Waals surface area contributed by atoms with E-state index in [9.17, 15) is 9.18 Å².